The summed E-state index contributed by atoms with van der Waals surface area (Å²) in [5.74, 6) is 0. The van der Waals surface area contributed by atoms with Gasteiger partial charge in [-0.05, 0) is 22.0 Å². The number of nitrogens with zero attached hydrogens (tertiary/aromatic N) is 3. The first-order valence-corrected chi connectivity index (χ1v) is 4.49. The normalized spacial score (nSPS) is 10.9. The van der Waals surface area contributed by atoms with Crippen LogP contribution in [-0.4, -0.2) is 14.8 Å². The Bertz CT molecular complexity index is 437. The molecule has 0 amide bonds. The molecule has 0 radical (unpaired) electrons. The van der Waals surface area contributed by atoms with E-state index in [1.165, 1.54) is 0 Å². The van der Waals surface area contributed by atoms with Gasteiger partial charge in [-0.2, -0.15) is 5.10 Å². The summed E-state index contributed by atoms with van der Waals surface area (Å²) in [4.78, 5) is 4.14. The lowest BCUT2D eigenvalue weighted by molar-refractivity contribution is 0.797. The van der Waals surface area contributed by atoms with Gasteiger partial charge in [-0.3, -0.25) is 9.67 Å². The molecule has 5 heteroatoms. The van der Waals surface area contributed by atoms with Gasteiger partial charge in [-0.1, -0.05) is 11.6 Å². The Morgan fingerprint density at radius 1 is 1.58 bits per heavy atom. The second-order valence-corrected chi connectivity index (χ2v) is 3.71. The minimum absolute atomic E-state index is 0.444. The van der Waals surface area contributed by atoms with Gasteiger partial charge in [0.15, 0.2) is 5.15 Å². The van der Waals surface area contributed by atoms with Gasteiger partial charge in [0.2, 0.25) is 0 Å². The Morgan fingerprint density at radius 2 is 2.33 bits per heavy atom. The molecule has 0 aliphatic heterocycles. The summed E-state index contributed by atoms with van der Waals surface area (Å²) in [5, 5.41) is 4.47. The Kier molecular flexibility index (Phi) is 1.81. The van der Waals surface area contributed by atoms with Crippen molar-refractivity contribution in [3.05, 3.63) is 21.9 Å². The standard InChI is InChI=1S/C7H5BrClN3/c1-12-5-2-4(8)3-10-6(5)7(9)11-12/h2-3H,1H3. The Labute approximate surface area is 82.5 Å². The maximum Gasteiger partial charge on any atom is 0.177 e. The molecule has 0 N–H and O–H groups in total. The van der Waals surface area contributed by atoms with Gasteiger partial charge in [-0.15, -0.1) is 0 Å². The average Bonchev–Trinajstić information content (AvgIpc) is 2.28. The van der Waals surface area contributed by atoms with Crippen molar-refractivity contribution in [3.8, 4) is 0 Å². The predicted octanol–water partition coefficient (Wildman–Crippen LogP) is 2.38. The predicted molar refractivity (Wildman–Crippen MR) is 51.2 cm³/mol. The van der Waals surface area contributed by atoms with E-state index < -0.39 is 0 Å². The molecule has 0 saturated heterocycles. The molecule has 0 spiro atoms. The summed E-state index contributed by atoms with van der Waals surface area (Å²) in [6, 6.07) is 1.93. The van der Waals surface area contributed by atoms with Gasteiger partial charge in [0.05, 0.1) is 5.52 Å². The van der Waals surface area contributed by atoms with Gasteiger partial charge in [0, 0.05) is 17.7 Å². The highest BCUT2D eigenvalue weighted by molar-refractivity contribution is 9.10. The SMILES string of the molecule is Cn1nc(Cl)c2ncc(Br)cc21. The summed E-state index contributed by atoms with van der Waals surface area (Å²) in [6.07, 6.45) is 1.70. The molecule has 0 saturated carbocycles. The van der Waals surface area contributed by atoms with Crippen LogP contribution in [0.4, 0.5) is 0 Å². The third-order valence-corrected chi connectivity index (χ3v) is 2.30. The molecule has 0 aromatic carbocycles. The minimum atomic E-state index is 0.444. The Morgan fingerprint density at radius 3 is 3.08 bits per heavy atom. The third kappa shape index (κ3) is 1.11. The van der Waals surface area contributed by atoms with Crippen LogP contribution in [0.3, 0.4) is 0 Å². The topological polar surface area (TPSA) is 30.7 Å². The third-order valence-electron chi connectivity index (χ3n) is 1.62. The Balaban J connectivity index is 2.90. The fourth-order valence-electron chi connectivity index (χ4n) is 1.07. The number of fused-ring (bicyclic) bond motifs is 1. The van der Waals surface area contributed by atoms with Crippen molar-refractivity contribution in [2.24, 2.45) is 7.05 Å². The molecule has 0 unspecified atom stereocenters. The molecular weight excluding hydrogens is 241 g/mol. The first-order chi connectivity index (χ1) is 5.68. The van der Waals surface area contributed by atoms with Crippen LogP contribution < -0.4 is 0 Å². The van der Waals surface area contributed by atoms with E-state index in [1.807, 2.05) is 13.1 Å². The first-order valence-electron chi connectivity index (χ1n) is 3.32. The second-order valence-electron chi connectivity index (χ2n) is 2.44. The zero-order chi connectivity index (χ0) is 8.72. The number of aromatic nitrogens is 3. The molecule has 0 aliphatic carbocycles. The number of pyridine rings is 1. The van der Waals surface area contributed by atoms with Gasteiger partial charge in [0.1, 0.15) is 5.52 Å². The van der Waals surface area contributed by atoms with Crippen LogP contribution in [0.15, 0.2) is 16.7 Å². The van der Waals surface area contributed by atoms with Crippen molar-refractivity contribution in [1.29, 1.82) is 0 Å². The molecule has 2 aromatic heterocycles. The van der Waals surface area contributed by atoms with E-state index in [9.17, 15) is 0 Å². The van der Waals surface area contributed by atoms with Crippen molar-refractivity contribution in [1.82, 2.24) is 14.8 Å². The van der Waals surface area contributed by atoms with Crippen LogP contribution in [0.5, 0.6) is 0 Å². The van der Waals surface area contributed by atoms with Gasteiger partial charge in [0.25, 0.3) is 0 Å². The molecule has 0 atom stereocenters. The zero-order valence-corrected chi connectivity index (χ0v) is 8.59. The first kappa shape index (κ1) is 8.01. The fourth-order valence-corrected chi connectivity index (χ4v) is 1.65. The molecule has 0 aliphatic rings. The van der Waals surface area contributed by atoms with E-state index in [0.29, 0.717) is 5.15 Å². The highest BCUT2D eigenvalue weighted by Crippen LogP contribution is 2.22. The van der Waals surface area contributed by atoms with Gasteiger partial charge >= 0.3 is 0 Å². The summed E-state index contributed by atoms with van der Waals surface area (Å²) in [6.45, 7) is 0. The average molecular weight is 246 g/mol. The zero-order valence-electron chi connectivity index (χ0n) is 6.25. The molecule has 0 bridgehead atoms. The number of aryl methyl sites for hydroxylation is 1. The van der Waals surface area contributed by atoms with Crippen molar-refractivity contribution < 1.29 is 0 Å². The molecule has 0 fully saturated rings. The second kappa shape index (κ2) is 2.71. The van der Waals surface area contributed by atoms with Crippen molar-refractivity contribution in [2.75, 3.05) is 0 Å². The summed E-state index contributed by atoms with van der Waals surface area (Å²) in [5.41, 5.74) is 1.66. The lowest BCUT2D eigenvalue weighted by atomic mass is 10.4. The number of rotatable bonds is 0. The van der Waals surface area contributed by atoms with Crippen LogP contribution in [-0.2, 0) is 7.05 Å². The van der Waals surface area contributed by atoms with Crippen LogP contribution in [0.25, 0.3) is 11.0 Å². The van der Waals surface area contributed by atoms with E-state index in [4.69, 9.17) is 11.6 Å². The van der Waals surface area contributed by atoms with Crippen LogP contribution in [0.2, 0.25) is 5.15 Å². The van der Waals surface area contributed by atoms with Crippen molar-refractivity contribution in [3.63, 3.8) is 0 Å². The van der Waals surface area contributed by atoms with Gasteiger partial charge in [-0.25, -0.2) is 0 Å². The van der Waals surface area contributed by atoms with E-state index >= 15 is 0 Å². The molecule has 12 heavy (non-hydrogen) atoms. The van der Waals surface area contributed by atoms with E-state index in [-0.39, 0.29) is 0 Å². The maximum absolute atomic E-state index is 5.82. The molecule has 2 rings (SSSR count). The van der Waals surface area contributed by atoms with Crippen molar-refractivity contribution in [2.45, 2.75) is 0 Å². The van der Waals surface area contributed by atoms with E-state index in [0.717, 1.165) is 15.5 Å². The summed E-state index contributed by atoms with van der Waals surface area (Å²) >= 11 is 9.15. The summed E-state index contributed by atoms with van der Waals surface area (Å²) < 4.78 is 2.63. The number of halogens is 2. The smallest absolute Gasteiger partial charge is 0.177 e. The molecule has 2 heterocycles. The van der Waals surface area contributed by atoms with Gasteiger partial charge < -0.3 is 0 Å². The molecule has 62 valence electrons. The monoisotopic (exact) mass is 245 g/mol. The van der Waals surface area contributed by atoms with E-state index in [2.05, 4.69) is 26.0 Å². The number of hydrogen-bond acceptors (Lipinski definition) is 2. The lowest BCUT2D eigenvalue weighted by Crippen LogP contribution is -1.88. The Hall–Kier alpha value is -0.610. The van der Waals surface area contributed by atoms with Crippen LogP contribution >= 0.6 is 27.5 Å². The van der Waals surface area contributed by atoms with Crippen LogP contribution in [0.1, 0.15) is 0 Å². The quantitative estimate of drug-likeness (QED) is 0.714. The highest BCUT2D eigenvalue weighted by Gasteiger charge is 2.06. The fraction of sp³-hybridized carbons (Fsp3) is 0.143. The summed E-state index contributed by atoms with van der Waals surface area (Å²) in [7, 11) is 1.84. The molecule has 2 aromatic rings. The highest BCUT2D eigenvalue weighted by atomic mass is 79.9. The minimum Gasteiger partial charge on any atom is -0.265 e. The van der Waals surface area contributed by atoms with Crippen LogP contribution in [0, 0.1) is 0 Å². The molecular formula is C7H5BrClN3. The molecule has 3 nitrogen and oxygen atoms in total. The van der Waals surface area contributed by atoms with Crippen molar-refractivity contribution >= 4 is 38.6 Å². The van der Waals surface area contributed by atoms with E-state index in [1.54, 1.807) is 10.9 Å². The maximum atomic E-state index is 5.82. The number of hydrogen-bond donors (Lipinski definition) is 0. The largest absolute Gasteiger partial charge is 0.265 e. The lowest BCUT2D eigenvalue weighted by Gasteiger charge is -1.92.